The third-order valence-electron chi connectivity index (χ3n) is 5.03. The van der Waals surface area contributed by atoms with Gasteiger partial charge in [0.1, 0.15) is 11.6 Å². The fourth-order valence-corrected chi connectivity index (χ4v) is 3.45. The fourth-order valence-electron chi connectivity index (χ4n) is 3.45. The van der Waals surface area contributed by atoms with Crippen LogP contribution in [-0.4, -0.2) is 38.0 Å². The molecule has 2 N–H and O–H groups in total. The predicted octanol–water partition coefficient (Wildman–Crippen LogP) is 3.08. The van der Waals surface area contributed by atoms with Crippen LogP contribution in [0.1, 0.15) is 55.3 Å². The second kappa shape index (κ2) is 10.7. The smallest absolute Gasteiger partial charge is 0.263 e. The van der Waals surface area contributed by atoms with Crippen molar-refractivity contribution in [2.24, 2.45) is 0 Å². The molecule has 1 aromatic rings. The van der Waals surface area contributed by atoms with Gasteiger partial charge in [0, 0.05) is 12.7 Å². The lowest BCUT2D eigenvalue weighted by atomic mass is 9.88. The number of aryl methyl sites for hydroxylation is 2. The molecule has 0 saturated carbocycles. The van der Waals surface area contributed by atoms with Gasteiger partial charge in [-0.25, -0.2) is 0 Å². The molecule has 0 fully saturated rings. The van der Waals surface area contributed by atoms with E-state index in [1.165, 1.54) is 30.2 Å². The van der Waals surface area contributed by atoms with E-state index in [0.717, 1.165) is 44.3 Å². The highest BCUT2D eigenvalue weighted by Gasteiger charge is 2.18. The van der Waals surface area contributed by atoms with Crippen LogP contribution in [-0.2, 0) is 17.6 Å². The molecule has 0 heterocycles. The summed E-state index contributed by atoms with van der Waals surface area (Å²) in [5.41, 5.74) is 4.09. The minimum atomic E-state index is -0.317. The highest BCUT2D eigenvalue weighted by Crippen LogP contribution is 2.26. The highest BCUT2D eigenvalue weighted by atomic mass is 16.1. The van der Waals surface area contributed by atoms with Crippen molar-refractivity contribution < 1.29 is 4.79 Å². The van der Waals surface area contributed by atoms with E-state index >= 15 is 0 Å². The van der Waals surface area contributed by atoms with Crippen molar-refractivity contribution in [3.63, 3.8) is 0 Å². The topological polar surface area (TPSA) is 68.2 Å². The normalized spacial score (nSPS) is 15.0. The summed E-state index contributed by atoms with van der Waals surface area (Å²) in [7, 11) is 4.05. The number of benzene rings is 1. The van der Waals surface area contributed by atoms with Crippen LogP contribution in [0.15, 0.2) is 30.0 Å². The minimum absolute atomic E-state index is 0.0739. The lowest BCUT2D eigenvalue weighted by Gasteiger charge is -2.21. The maximum absolute atomic E-state index is 12.5. The molecule has 1 unspecified atom stereocenters. The number of carbonyl (C=O) groups excluding carboxylic acids is 1. The van der Waals surface area contributed by atoms with Gasteiger partial charge in [0.05, 0.1) is 6.04 Å². The molecule has 27 heavy (non-hydrogen) atoms. The molecule has 1 aliphatic carbocycles. The zero-order valence-electron chi connectivity index (χ0n) is 16.8. The molecular weight excluding hydrogens is 336 g/mol. The van der Waals surface area contributed by atoms with Crippen LogP contribution in [0, 0.1) is 11.3 Å². The van der Waals surface area contributed by atoms with E-state index in [-0.39, 0.29) is 17.5 Å². The van der Waals surface area contributed by atoms with E-state index in [1.807, 2.05) is 20.2 Å². The molecule has 5 nitrogen and oxygen atoms in total. The van der Waals surface area contributed by atoms with Gasteiger partial charge in [0.25, 0.3) is 5.91 Å². The Morgan fingerprint density at radius 2 is 2.04 bits per heavy atom. The SMILES string of the molecule is CCC(NC(=O)/C(C#N)=C\NCCCN(C)C)c1ccc2c(c1)CCCC2. The summed E-state index contributed by atoms with van der Waals surface area (Å²) in [6, 6.07) is 8.49. The number of fused-ring (bicyclic) bond motifs is 1. The van der Waals surface area contributed by atoms with E-state index < -0.39 is 0 Å². The molecule has 1 aliphatic rings. The molecule has 1 atom stereocenters. The van der Waals surface area contributed by atoms with Crippen molar-refractivity contribution in [3.8, 4) is 6.07 Å². The van der Waals surface area contributed by atoms with Crippen molar-refractivity contribution in [1.82, 2.24) is 15.5 Å². The van der Waals surface area contributed by atoms with E-state index in [9.17, 15) is 10.1 Å². The van der Waals surface area contributed by atoms with Crippen molar-refractivity contribution in [1.29, 1.82) is 5.26 Å². The second-order valence-electron chi connectivity index (χ2n) is 7.45. The molecule has 2 rings (SSSR count). The molecular formula is C22H32N4O. The van der Waals surface area contributed by atoms with E-state index in [2.05, 4.69) is 40.7 Å². The van der Waals surface area contributed by atoms with Gasteiger partial charge in [-0.2, -0.15) is 5.26 Å². The van der Waals surface area contributed by atoms with Crippen LogP contribution < -0.4 is 10.6 Å². The summed E-state index contributed by atoms with van der Waals surface area (Å²) in [4.78, 5) is 14.6. The van der Waals surface area contributed by atoms with E-state index in [1.54, 1.807) is 0 Å². The van der Waals surface area contributed by atoms with Gasteiger partial charge < -0.3 is 15.5 Å². The predicted molar refractivity (Wildman–Crippen MR) is 109 cm³/mol. The maximum Gasteiger partial charge on any atom is 0.263 e. The third kappa shape index (κ3) is 6.41. The van der Waals surface area contributed by atoms with Crippen LogP contribution in [0.3, 0.4) is 0 Å². The zero-order valence-corrected chi connectivity index (χ0v) is 16.8. The molecule has 0 aliphatic heterocycles. The molecule has 1 aromatic carbocycles. The largest absolute Gasteiger partial charge is 0.390 e. The van der Waals surface area contributed by atoms with Crippen molar-refractivity contribution >= 4 is 5.91 Å². The number of amides is 1. The Balaban J connectivity index is 1.97. The minimum Gasteiger partial charge on any atom is -0.390 e. The molecule has 0 spiro atoms. The number of hydrogen-bond acceptors (Lipinski definition) is 4. The first-order valence-electron chi connectivity index (χ1n) is 9.96. The van der Waals surface area contributed by atoms with Gasteiger partial charge in [-0.05, 0) is 75.9 Å². The van der Waals surface area contributed by atoms with E-state index in [0.29, 0.717) is 0 Å². The molecule has 0 radical (unpaired) electrons. The highest BCUT2D eigenvalue weighted by molar-refractivity contribution is 5.97. The van der Waals surface area contributed by atoms with Crippen LogP contribution in [0.25, 0.3) is 0 Å². The van der Waals surface area contributed by atoms with Gasteiger partial charge in [-0.3, -0.25) is 4.79 Å². The zero-order chi connectivity index (χ0) is 19.6. The van der Waals surface area contributed by atoms with Crippen molar-refractivity contribution in [2.75, 3.05) is 27.2 Å². The maximum atomic E-state index is 12.5. The number of rotatable bonds is 9. The van der Waals surface area contributed by atoms with Crippen LogP contribution in [0.5, 0.6) is 0 Å². The van der Waals surface area contributed by atoms with Crippen LogP contribution in [0.4, 0.5) is 0 Å². The number of nitriles is 1. The lowest BCUT2D eigenvalue weighted by molar-refractivity contribution is -0.117. The molecule has 0 aromatic heterocycles. The second-order valence-corrected chi connectivity index (χ2v) is 7.45. The summed E-state index contributed by atoms with van der Waals surface area (Å²) in [6.07, 6.45) is 8.05. The molecule has 1 amide bonds. The number of nitrogens with one attached hydrogen (secondary N) is 2. The van der Waals surface area contributed by atoms with E-state index in [4.69, 9.17) is 0 Å². The average molecular weight is 369 g/mol. The van der Waals surface area contributed by atoms with Crippen LogP contribution in [0.2, 0.25) is 0 Å². The Kier molecular flexibility index (Phi) is 8.35. The standard InChI is InChI=1S/C22H32N4O/c1-4-21(19-11-10-17-8-5-6-9-18(17)14-19)25-22(27)20(15-23)16-24-12-7-13-26(2)3/h10-11,14,16,21,24H,4-9,12-13H2,1-3H3,(H,25,27)/b20-16-. The average Bonchev–Trinajstić information content (AvgIpc) is 2.68. The van der Waals surface area contributed by atoms with Crippen molar-refractivity contribution in [3.05, 3.63) is 46.7 Å². The first-order valence-corrected chi connectivity index (χ1v) is 9.96. The Bertz CT molecular complexity index is 703. The van der Waals surface area contributed by atoms with Crippen molar-refractivity contribution in [2.45, 2.75) is 51.5 Å². The van der Waals surface area contributed by atoms with Gasteiger partial charge in [0.15, 0.2) is 0 Å². The number of nitrogens with zero attached hydrogens (tertiary/aromatic N) is 2. The molecule has 0 bridgehead atoms. The summed E-state index contributed by atoms with van der Waals surface area (Å²) in [6.45, 7) is 3.75. The summed E-state index contributed by atoms with van der Waals surface area (Å²) in [5, 5.41) is 15.4. The summed E-state index contributed by atoms with van der Waals surface area (Å²) >= 11 is 0. The third-order valence-corrected chi connectivity index (χ3v) is 5.03. The lowest BCUT2D eigenvalue weighted by Crippen LogP contribution is -2.30. The molecule has 5 heteroatoms. The Hall–Kier alpha value is -2.32. The van der Waals surface area contributed by atoms with Gasteiger partial charge in [-0.1, -0.05) is 25.1 Å². The summed E-state index contributed by atoms with van der Waals surface area (Å²) in [5.74, 6) is -0.317. The fraction of sp³-hybridized carbons (Fsp3) is 0.545. The molecule has 146 valence electrons. The first kappa shape index (κ1) is 21.0. The van der Waals surface area contributed by atoms with Gasteiger partial charge >= 0.3 is 0 Å². The Labute approximate surface area is 163 Å². The van der Waals surface area contributed by atoms with Crippen LogP contribution >= 0.6 is 0 Å². The van der Waals surface area contributed by atoms with Gasteiger partial charge in [0.2, 0.25) is 0 Å². The monoisotopic (exact) mass is 368 g/mol. The Morgan fingerprint density at radius 3 is 2.70 bits per heavy atom. The number of hydrogen-bond donors (Lipinski definition) is 2. The summed E-state index contributed by atoms with van der Waals surface area (Å²) < 4.78 is 0. The quantitative estimate of drug-likeness (QED) is 0.399. The molecule has 0 saturated heterocycles. The van der Waals surface area contributed by atoms with Gasteiger partial charge in [-0.15, -0.1) is 0 Å². The Morgan fingerprint density at radius 1 is 1.30 bits per heavy atom. The number of carbonyl (C=O) groups is 1. The first-order chi connectivity index (χ1) is 13.0.